The maximum atomic E-state index is 12.4. The monoisotopic (exact) mass is 268 g/mol. The van der Waals surface area contributed by atoms with Crippen LogP contribution in [0.2, 0.25) is 0 Å². The van der Waals surface area contributed by atoms with Gasteiger partial charge in [0.05, 0.1) is 5.41 Å². The Kier molecular flexibility index (Phi) is 5.84. The summed E-state index contributed by atoms with van der Waals surface area (Å²) >= 11 is 0. The van der Waals surface area contributed by atoms with Gasteiger partial charge in [-0.2, -0.15) is 0 Å². The Bertz CT molecular complexity index is 301. The molecule has 112 valence electrons. The van der Waals surface area contributed by atoms with Gasteiger partial charge in [-0.3, -0.25) is 4.79 Å². The van der Waals surface area contributed by atoms with Crippen LogP contribution in [0.5, 0.6) is 0 Å². The zero-order chi connectivity index (χ0) is 14.5. The van der Waals surface area contributed by atoms with Gasteiger partial charge < -0.3 is 11.1 Å². The smallest absolute Gasteiger partial charge is 0.227 e. The SMILES string of the molecule is CCCCCC(C)(C)CNC(=O)C1(C)CCCC1N. The summed E-state index contributed by atoms with van der Waals surface area (Å²) in [6.07, 6.45) is 7.92. The largest absolute Gasteiger partial charge is 0.355 e. The first-order valence-corrected chi connectivity index (χ1v) is 7.86. The molecule has 2 atom stereocenters. The standard InChI is InChI=1S/C16H32N2O/c1-5-6-7-10-15(2,3)12-18-14(19)16(4)11-8-9-13(16)17/h13H,5-12,17H2,1-4H3,(H,18,19). The van der Waals surface area contributed by atoms with E-state index < -0.39 is 0 Å². The second-order valence-electron chi connectivity index (χ2n) is 7.22. The summed E-state index contributed by atoms with van der Waals surface area (Å²) in [7, 11) is 0. The third kappa shape index (κ3) is 4.48. The normalized spacial score (nSPS) is 27.5. The fourth-order valence-corrected chi connectivity index (χ4v) is 2.94. The summed E-state index contributed by atoms with van der Waals surface area (Å²) in [4.78, 5) is 12.4. The molecule has 0 saturated heterocycles. The molecule has 2 unspecified atom stereocenters. The molecule has 1 rings (SSSR count). The number of nitrogens with one attached hydrogen (secondary N) is 1. The lowest BCUT2D eigenvalue weighted by molar-refractivity contribution is -0.131. The van der Waals surface area contributed by atoms with Crippen molar-refractivity contribution in [1.82, 2.24) is 5.32 Å². The van der Waals surface area contributed by atoms with Crippen LogP contribution >= 0.6 is 0 Å². The third-order valence-corrected chi connectivity index (χ3v) is 4.73. The molecule has 0 bridgehead atoms. The fourth-order valence-electron chi connectivity index (χ4n) is 2.94. The van der Waals surface area contributed by atoms with E-state index in [2.05, 4.69) is 26.1 Å². The number of unbranched alkanes of at least 4 members (excludes halogenated alkanes) is 2. The summed E-state index contributed by atoms with van der Waals surface area (Å²) < 4.78 is 0. The second-order valence-corrected chi connectivity index (χ2v) is 7.22. The second kappa shape index (κ2) is 6.74. The van der Waals surface area contributed by atoms with E-state index >= 15 is 0 Å². The minimum atomic E-state index is -0.348. The first kappa shape index (κ1) is 16.5. The maximum absolute atomic E-state index is 12.4. The van der Waals surface area contributed by atoms with E-state index in [1.165, 1.54) is 25.7 Å². The van der Waals surface area contributed by atoms with E-state index in [1.807, 2.05) is 6.92 Å². The van der Waals surface area contributed by atoms with Gasteiger partial charge in [0.15, 0.2) is 0 Å². The Morgan fingerprint density at radius 1 is 1.42 bits per heavy atom. The van der Waals surface area contributed by atoms with Crippen molar-refractivity contribution in [1.29, 1.82) is 0 Å². The van der Waals surface area contributed by atoms with Crippen LogP contribution in [0.1, 0.15) is 72.6 Å². The Morgan fingerprint density at radius 3 is 2.63 bits per heavy atom. The summed E-state index contributed by atoms with van der Waals surface area (Å²) in [5, 5.41) is 3.14. The topological polar surface area (TPSA) is 55.1 Å². The van der Waals surface area contributed by atoms with Gasteiger partial charge in [-0.15, -0.1) is 0 Å². The summed E-state index contributed by atoms with van der Waals surface area (Å²) in [6.45, 7) is 9.47. The first-order valence-electron chi connectivity index (χ1n) is 7.86. The van der Waals surface area contributed by atoms with Crippen LogP contribution in [-0.2, 0) is 4.79 Å². The number of amides is 1. The number of carbonyl (C=O) groups is 1. The molecule has 0 aromatic rings. The van der Waals surface area contributed by atoms with Gasteiger partial charge in [0.1, 0.15) is 0 Å². The van der Waals surface area contributed by atoms with E-state index in [0.717, 1.165) is 25.8 Å². The summed E-state index contributed by atoms with van der Waals surface area (Å²) in [6, 6.07) is 0.0238. The van der Waals surface area contributed by atoms with Crippen molar-refractivity contribution in [2.45, 2.75) is 78.7 Å². The van der Waals surface area contributed by atoms with Gasteiger partial charge in [0.2, 0.25) is 5.91 Å². The Hall–Kier alpha value is -0.570. The predicted molar refractivity (Wildman–Crippen MR) is 80.9 cm³/mol. The molecular formula is C16H32N2O. The lowest BCUT2D eigenvalue weighted by Gasteiger charge is -2.31. The molecule has 0 heterocycles. The first-order chi connectivity index (χ1) is 8.82. The van der Waals surface area contributed by atoms with E-state index in [-0.39, 0.29) is 22.8 Å². The zero-order valence-electron chi connectivity index (χ0n) is 13.2. The van der Waals surface area contributed by atoms with Crippen LogP contribution < -0.4 is 11.1 Å². The average molecular weight is 268 g/mol. The molecule has 0 aliphatic heterocycles. The van der Waals surface area contributed by atoms with Crippen LogP contribution in [0.3, 0.4) is 0 Å². The Balaban J connectivity index is 2.40. The Morgan fingerprint density at radius 2 is 2.11 bits per heavy atom. The summed E-state index contributed by atoms with van der Waals surface area (Å²) in [5.41, 5.74) is 5.93. The minimum absolute atomic E-state index is 0.0238. The van der Waals surface area contributed by atoms with Crippen LogP contribution in [0.25, 0.3) is 0 Å². The van der Waals surface area contributed by atoms with Gasteiger partial charge >= 0.3 is 0 Å². The lowest BCUT2D eigenvalue weighted by atomic mass is 9.82. The highest BCUT2D eigenvalue weighted by atomic mass is 16.2. The molecule has 3 nitrogen and oxygen atoms in total. The quantitative estimate of drug-likeness (QED) is 0.697. The molecular weight excluding hydrogens is 236 g/mol. The minimum Gasteiger partial charge on any atom is -0.355 e. The molecule has 0 spiro atoms. The molecule has 1 fully saturated rings. The molecule has 1 amide bonds. The highest BCUT2D eigenvalue weighted by Gasteiger charge is 2.43. The molecule has 3 heteroatoms. The molecule has 19 heavy (non-hydrogen) atoms. The van der Waals surface area contributed by atoms with Crippen LogP contribution in [0, 0.1) is 10.8 Å². The molecule has 1 saturated carbocycles. The van der Waals surface area contributed by atoms with Gasteiger partial charge in [-0.1, -0.05) is 46.5 Å². The average Bonchev–Trinajstić information content (AvgIpc) is 2.68. The van der Waals surface area contributed by atoms with Crippen molar-refractivity contribution < 1.29 is 4.79 Å². The highest BCUT2D eigenvalue weighted by Crippen LogP contribution is 2.37. The van der Waals surface area contributed by atoms with Crippen LogP contribution in [-0.4, -0.2) is 18.5 Å². The third-order valence-electron chi connectivity index (χ3n) is 4.73. The van der Waals surface area contributed by atoms with Crippen molar-refractivity contribution in [3.63, 3.8) is 0 Å². The molecule has 0 aromatic heterocycles. The molecule has 1 aliphatic rings. The van der Waals surface area contributed by atoms with Crippen molar-refractivity contribution in [2.75, 3.05) is 6.54 Å². The summed E-state index contributed by atoms with van der Waals surface area (Å²) in [5.74, 6) is 0.154. The number of nitrogens with two attached hydrogens (primary N) is 1. The van der Waals surface area contributed by atoms with E-state index in [1.54, 1.807) is 0 Å². The number of hydrogen-bond acceptors (Lipinski definition) is 2. The molecule has 3 N–H and O–H groups in total. The van der Waals surface area contributed by atoms with Crippen molar-refractivity contribution in [2.24, 2.45) is 16.6 Å². The van der Waals surface area contributed by atoms with Crippen molar-refractivity contribution in [3.8, 4) is 0 Å². The predicted octanol–water partition coefficient (Wildman–Crippen LogP) is 3.23. The van der Waals surface area contributed by atoms with Gasteiger partial charge in [0.25, 0.3) is 0 Å². The van der Waals surface area contributed by atoms with E-state index in [9.17, 15) is 4.79 Å². The van der Waals surface area contributed by atoms with Gasteiger partial charge in [0, 0.05) is 12.6 Å². The maximum Gasteiger partial charge on any atom is 0.227 e. The highest BCUT2D eigenvalue weighted by molar-refractivity contribution is 5.83. The van der Waals surface area contributed by atoms with Crippen molar-refractivity contribution in [3.05, 3.63) is 0 Å². The van der Waals surface area contributed by atoms with Gasteiger partial charge in [-0.05, 0) is 31.6 Å². The van der Waals surface area contributed by atoms with Crippen molar-refractivity contribution >= 4 is 5.91 Å². The number of hydrogen-bond donors (Lipinski definition) is 2. The molecule has 1 aliphatic carbocycles. The number of carbonyl (C=O) groups excluding carboxylic acids is 1. The van der Waals surface area contributed by atoms with Gasteiger partial charge in [-0.25, -0.2) is 0 Å². The van der Waals surface area contributed by atoms with Crippen LogP contribution in [0.4, 0.5) is 0 Å². The number of rotatable bonds is 7. The molecule has 0 aromatic carbocycles. The lowest BCUT2D eigenvalue weighted by Crippen LogP contribution is -2.49. The van der Waals surface area contributed by atoms with E-state index in [4.69, 9.17) is 5.73 Å². The molecule has 0 radical (unpaired) electrons. The fraction of sp³-hybridized carbons (Fsp3) is 0.938. The zero-order valence-corrected chi connectivity index (χ0v) is 13.2. The Labute approximate surface area is 118 Å². The van der Waals surface area contributed by atoms with E-state index in [0.29, 0.717) is 0 Å². The van der Waals surface area contributed by atoms with Crippen LogP contribution in [0.15, 0.2) is 0 Å².